The van der Waals surface area contributed by atoms with Crippen LogP contribution in [0, 0.1) is 17.8 Å². The van der Waals surface area contributed by atoms with Crippen LogP contribution in [0.5, 0.6) is 0 Å². The Balaban J connectivity index is 2.02. The number of rotatable bonds is 2. The van der Waals surface area contributed by atoms with Crippen LogP contribution in [0.2, 0.25) is 0 Å². The molecule has 2 bridgehead atoms. The lowest BCUT2D eigenvalue weighted by Crippen LogP contribution is -2.43. The van der Waals surface area contributed by atoms with Crippen LogP contribution in [0.3, 0.4) is 0 Å². The largest absolute Gasteiger partial charge is 0.456 e. The molecule has 0 aliphatic heterocycles. The van der Waals surface area contributed by atoms with Gasteiger partial charge >= 0.3 is 5.97 Å². The topological polar surface area (TPSA) is 26.3 Å². The van der Waals surface area contributed by atoms with Crippen molar-refractivity contribution in [1.82, 2.24) is 0 Å². The van der Waals surface area contributed by atoms with Gasteiger partial charge in [-0.1, -0.05) is 13.5 Å². The molecule has 0 spiro atoms. The molecule has 2 unspecified atom stereocenters. The van der Waals surface area contributed by atoms with Crippen LogP contribution in [0.1, 0.15) is 52.9 Å². The second kappa shape index (κ2) is 4.47. The fourth-order valence-electron chi connectivity index (χ4n) is 3.93. The van der Waals surface area contributed by atoms with Crippen molar-refractivity contribution in [3.8, 4) is 0 Å². The summed E-state index contributed by atoms with van der Waals surface area (Å²) >= 11 is 0. The Morgan fingerprint density at radius 2 is 1.76 bits per heavy atom. The Morgan fingerprint density at radius 3 is 2.24 bits per heavy atom. The van der Waals surface area contributed by atoms with E-state index in [1.165, 1.54) is 19.3 Å². The van der Waals surface area contributed by atoms with Crippen molar-refractivity contribution >= 4 is 5.97 Å². The van der Waals surface area contributed by atoms with Crippen LogP contribution in [-0.4, -0.2) is 11.6 Å². The molecule has 0 saturated heterocycles. The zero-order valence-corrected chi connectivity index (χ0v) is 11.3. The van der Waals surface area contributed by atoms with E-state index < -0.39 is 0 Å². The fourth-order valence-corrected chi connectivity index (χ4v) is 3.93. The predicted octanol–water partition coefficient (Wildman–Crippen LogP) is 3.71. The molecule has 0 amide bonds. The number of carbonyl (C=O) groups is 1. The summed E-state index contributed by atoms with van der Waals surface area (Å²) in [5, 5.41) is 0. The van der Waals surface area contributed by atoms with E-state index in [1.54, 1.807) is 6.92 Å². The lowest BCUT2D eigenvalue weighted by molar-refractivity contribution is -0.162. The molecule has 2 saturated carbocycles. The second-order valence-corrected chi connectivity index (χ2v) is 6.57. The molecule has 2 heteroatoms. The highest BCUT2D eigenvalue weighted by molar-refractivity contribution is 5.87. The van der Waals surface area contributed by atoms with E-state index in [-0.39, 0.29) is 11.6 Å². The minimum absolute atomic E-state index is 0.222. The normalized spacial score (nSPS) is 40.8. The summed E-state index contributed by atoms with van der Waals surface area (Å²) in [7, 11) is 0. The Kier molecular flexibility index (Phi) is 3.33. The molecule has 0 aromatic rings. The maximum atomic E-state index is 11.7. The van der Waals surface area contributed by atoms with E-state index in [0.717, 1.165) is 30.6 Å². The Morgan fingerprint density at radius 1 is 1.24 bits per heavy atom. The van der Waals surface area contributed by atoms with Crippen molar-refractivity contribution in [2.45, 2.75) is 58.5 Å². The first-order chi connectivity index (χ1) is 7.88. The van der Waals surface area contributed by atoms with Crippen LogP contribution in [0.4, 0.5) is 0 Å². The van der Waals surface area contributed by atoms with Gasteiger partial charge in [0.05, 0.1) is 0 Å². The van der Waals surface area contributed by atoms with Gasteiger partial charge in [0.2, 0.25) is 0 Å². The molecule has 17 heavy (non-hydrogen) atoms. The van der Waals surface area contributed by atoms with Gasteiger partial charge in [0.1, 0.15) is 5.60 Å². The summed E-state index contributed by atoms with van der Waals surface area (Å²) in [5.41, 5.74) is 0.263. The number of fused-ring (bicyclic) bond motifs is 2. The van der Waals surface area contributed by atoms with E-state index in [0.29, 0.717) is 5.57 Å². The SMILES string of the molecule is C=C(C)C(=O)OC1(C)CC2CC(C)CC(C2)C1. The first kappa shape index (κ1) is 12.7. The highest BCUT2D eigenvalue weighted by Gasteiger charge is 2.43. The quantitative estimate of drug-likeness (QED) is 0.539. The molecule has 2 aliphatic carbocycles. The van der Waals surface area contributed by atoms with Gasteiger partial charge in [-0.3, -0.25) is 0 Å². The molecule has 2 rings (SSSR count). The second-order valence-electron chi connectivity index (χ2n) is 6.57. The zero-order valence-electron chi connectivity index (χ0n) is 11.3. The molecule has 2 atom stereocenters. The van der Waals surface area contributed by atoms with Gasteiger partial charge in [-0.05, 0) is 63.7 Å². The van der Waals surface area contributed by atoms with E-state index in [4.69, 9.17) is 4.74 Å². The van der Waals surface area contributed by atoms with Crippen LogP contribution < -0.4 is 0 Å². The van der Waals surface area contributed by atoms with Gasteiger partial charge in [0.15, 0.2) is 0 Å². The van der Waals surface area contributed by atoms with E-state index in [9.17, 15) is 4.79 Å². The lowest BCUT2D eigenvalue weighted by Gasteiger charge is -2.46. The third kappa shape index (κ3) is 2.91. The summed E-state index contributed by atoms with van der Waals surface area (Å²) in [6.45, 7) is 9.83. The van der Waals surface area contributed by atoms with Gasteiger partial charge in [-0.25, -0.2) is 4.79 Å². The van der Waals surface area contributed by atoms with E-state index in [2.05, 4.69) is 20.4 Å². The van der Waals surface area contributed by atoms with Crippen molar-refractivity contribution in [1.29, 1.82) is 0 Å². The molecule has 0 radical (unpaired) electrons. The molecule has 2 nitrogen and oxygen atoms in total. The molecule has 0 aromatic heterocycles. The minimum Gasteiger partial charge on any atom is -0.456 e. The van der Waals surface area contributed by atoms with Gasteiger partial charge in [-0.2, -0.15) is 0 Å². The zero-order chi connectivity index (χ0) is 12.6. The highest BCUT2D eigenvalue weighted by atomic mass is 16.6. The first-order valence-corrected chi connectivity index (χ1v) is 6.77. The number of esters is 1. The molecule has 0 aromatic carbocycles. The van der Waals surface area contributed by atoms with Gasteiger partial charge < -0.3 is 4.74 Å². The van der Waals surface area contributed by atoms with Crippen molar-refractivity contribution in [3.05, 3.63) is 12.2 Å². The maximum Gasteiger partial charge on any atom is 0.333 e. The molecule has 96 valence electrons. The number of ether oxygens (including phenoxy) is 1. The number of hydrogen-bond acceptors (Lipinski definition) is 2. The Labute approximate surface area is 104 Å². The third-order valence-electron chi connectivity index (χ3n) is 4.27. The molecule has 2 aliphatic rings. The van der Waals surface area contributed by atoms with Gasteiger partial charge in [0, 0.05) is 5.57 Å². The van der Waals surface area contributed by atoms with Crippen LogP contribution in [-0.2, 0) is 9.53 Å². The Bertz CT molecular complexity index is 314. The summed E-state index contributed by atoms with van der Waals surface area (Å²) in [5.74, 6) is 2.13. The van der Waals surface area contributed by atoms with Crippen molar-refractivity contribution in [2.24, 2.45) is 17.8 Å². The third-order valence-corrected chi connectivity index (χ3v) is 4.27. The van der Waals surface area contributed by atoms with Crippen molar-refractivity contribution in [3.63, 3.8) is 0 Å². The molecular formula is C15H24O2. The lowest BCUT2D eigenvalue weighted by atomic mass is 9.64. The monoisotopic (exact) mass is 236 g/mol. The minimum atomic E-state index is -0.246. The first-order valence-electron chi connectivity index (χ1n) is 6.77. The van der Waals surface area contributed by atoms with Crippen molar-refractivity contribution in [2.75, 3.05) is 0 Å². The molecule has 0 N–H and O–H groups in total. The standard InChI is InChI=1S/C15H24O2/c1-10(2)14(16)17-15(4)8-12-5-11(3)6-13(7-12)9-15/h11-13H,1,5-9H2,2-4H3. The summed E-state index contributed by atoms with van der Waals surface area (Å²) in [6.07, 6.45) is 6.01. The van der Waals surface area contributed by atoms with Gasteiger partial charge in [-0.15, -0.1) is 0 Å². The molecule has 0 heterocycles. The van der Waals surface area contributed by atoms with Crippen LogP contribution in [0.15, 0.2) is 12.2 Å². The Hall–Kier alpha value is -0.790. The van der Waals surface area contributed by atoms with E-state index >= 15 is 0 Å². The predicted molar refractivity (Wildman–Crippen MR) is 68.5 cm³/mol. The maximum absolute atomic E-state index is 11.7. The summed E-state index contributed by atoms with van der Waals surface area (Å²) in [6, 6.07) is 0. The van der Waals surface area contributed by atoms with Gasteiger partial charge in [0.25, 0.3) is 0 Å². The van der Waals surface area contributed by atoms with Crippen LogP contribution in [0.25, 0.3) is 0 Å². The average molecular weight is 236 g/mol. The van der Waals surface area contributed by atoms with E-state index in [1.807, 2.05) is 0 Å². The van der Waals surface area contributed by atoms with Crippen molar-refractivity contribution < 1.29 is 9.53 Å². The summed E-state index contributed by atoms with van der Waals surface area (Å²) < 4.78 is 5.67. The average Bonchev–Trinajstić information content (AvgIpc) is 2.13. The molecular weight excluding hydrogens is 212 g/mol. The highest BCUT2D eigenvalue weighted by Crippen LogP contribution is 2.47. The number of carbonyl (C=O) groups excluding carboxylic acids is 1. The smallest absolute Gasteiger partial charge is 0.333 e. The fraction of sp³-hybridized carbons (Fsp3) is 0.800. The van der Waals surface area contributed by atoms with Crippen LogP contribution >= 0.6 is 0 Å². The molecule has 2 fully saturated rings. The number of hydrogen-bond donors (Lipinski definition) is 0. The summed E-state index contributed by atoms with van der Waals surface area (Å²) in [4.78, 5) is 11.7.